The van der Waals surface area contributed by atoms with Crippen molar-refractivity contribution in [2.24, 2.45) is 5.73 Å². The second-order valence-electron chi connectivity index (χ2n) is 7.06. The maximum Gasteiger partial charge on any atom is 0.435 e. The van der Waals surface area contributed by atoms with Gasteiger partial charge in [-0.05, 0) is 38.1 Å². The molecule has 1 aromatic heterocycles. The molecule has 3 rings (SSSR count). The minimum Gasteiger partial charge on any atom is -0.364 e. The van der Waals surface area contributed by atoms with Gasteiger partial charge in [-0.15, -0.1) is 0 Å². The van der Waals surface area contributed by atoms with Gasteiger partial charge in [0.1, 0.15) is 5.69 Å². The van der Waals surface area contributed by atoms with Crippen LogP contribution in [0.25, 0.3) is 16.8 Å². The third-order valence-corrected chi connectivity index (χ3v) is 5.00. The molecule has 0 fully saturated rings. The number of hydrogen-bond donors (Lipinski definition) is 2. The number of carbonyl (C=O) groups is 2. The summed E-state index contributed by atoms with van der Waals surface area (Å²) < 4.78 is 43.0. The van der Waals surface area contributed by atoms with Crippen molar-refractivity contribution < 1.29 is 27.6 Å². The molecule has 33 heavy (non-hydrogen) atoms. The lowest BCUT2D eigenvalue weighted by atomic mass is 9.96. The van der Waals surface area contributed by atoms with Gasteiger partial charge in [0.05, 0.1) is 22.4 Å². The van der Waals surface area contributed by atoms with Crippen LogP contribution in [-0.2, 0) is 11.0 Å². The Kier molecular flexibility index (Phi) is 7.01. The molecular formula is C21H17Cl2F3N4O3. The maximum atomic E-state index is 14.1. The van der Waals surface area contributed by atoms with Crippen LogP contribution in [0.15, 0.2) is 42.5 Å². The van der Waals surface area contributed by atoms with E-state index < -0.39 is 41.0 Å². The number of para-hydroxylation sites is 1. The fourth-order valence-electron chi connectivity index (χ4n) is 3.07. The van der Waals surface area contributed by atoms with E-state index in [-0.39, 0.29) is 26.9 Å². The normalized spacial score (nSPS) is 11.6. The summed E-state index contributed by atoms with van der Waals surface area (Å²) in [7, 11) is 0. The number of halogens is 5. The quantitative estimate of drug-likeness (QED) is 0.463. The van der Waals surface area contributed by atoms with Gasteiger partial charge in [0.15, 0.2) is 5.69 Å². The van der Waals surface area contributed by atoms with E-state index in [0.717, 1.165) is 0 Å². The number of carbonyl (C=O) groups excluding carboxylic acids is 2. The number of nitrogens with one attached hydrogen (secondary N) is 1. The van der Waals surface area contributed by atoms with Crippen LogP contribution in [0.1, 0.15) is 40.4 Å². The Morgan fingerprint density at radius 1 is 1.06 bits per heavy atom. The van der Waals surface area contributed by atoms with Crippen LogP contribution in [0.5, 0.6) is 0 Å². The van der Waals surface area contributed by atoms with Crippen molar-refractivity contribution in [3.63, 3.8) is 0 Å². The van der Waals surface area contributed by atoms with Crippen molar-refractivity contribution in [2.75, 3.05) is 0 Å². The Hall–Kier alpha value is -3.08. The molecule has 0 spiro atoms. The standard InChI is InChI=1S/C21H17Cl2F3N4O3/c1-10(2)33-29-20(32)11-6-5-8-13(23)15(11)16-17(19(27)31)30(28-18(16)21(24,25)26)14-9-4-3-7-12(14)22/h3-10H,1-2H3,(H2,27,31)(H,29,32). The summed E-state index contributed by atoms with van der Waals surface area (Å²) in [6, 6.07) is 9.70. The first-order valence-electron chi connectivity index (χ1n) is 9.43. The van der Waals surface area contributed by atoms with Crippen LogP contribution in [0, 0.1) is 0 Å². The monoisotopic (exact) mass is 500 g/mol. The molecule has 0 saturated carbocycles. The molecule has 12 heteroatoms. The zero-order chi connectivity index (χ0) is 24.5. The Labute approximate surface area is 196 Å². The average Bonchev–Trinajstić information content (AvgIpc) is 3.12. The Morgan fingerprint density at radius 2 is 1.70 bits per heavy atom. The first kappa shape index (κ1) is 24.6. The zero-order valence-electron chi connectivity index (χ0n) is 17.2. The van der Waals surface area contributed by atoms with E-state index in [2.05, 4.69) is 10.6 Å². The van der Waals surface area contributed by atoms with E-state index >= 15 is 0 Å². The highest BCUT2D eigenvalue weighted by molar-refractivity contribution is 6.35. The molecule has 2 amide bonds. The molecule has 0 radical (unpaired) electrons. The summed E-state index contributed by atoms with van der Waals surface area (Å²) in [5.74, 6) is -2.12. The van der Waals surface area contributed by atoms with Crippen molar-refractivity contribution in [2.45, 2.75) is 26.1 Å². The number of alkyl halides is 3. The highest BCUT2D eigenvalue weighted by Crippen LogP contribution is 2.43. The fourth-order valence-corrected chi connectivity index (χ4v) is 3.56. The highest BCUT2D eigenvalue weighted by Gasteiger charge is 2.42. The number of hydrogen-bond acceptors (Lipinski definition) is 4. The molecule has 7 nitrogen and oxygen atoms in total. The first-order valence-corrected chi connectivity index (χ1v) is 10.2. The van der Waals surface area contributed by atoms with Gasteiger partial charge < -0.3 is 5.73 Å². The van der Waals surface area contributed by atoms with E-state index in [0.29, 0.717) is 4.68 Å². The number of benzene rings is 2. The number of aromatic nitrogens is 2. The van der Waals surface area contributed by atoms with Gasteiger partial charge in [0.2, 0.25) is 0 Å². The number of amides is 2. The van der Waals surface area contributed by atoms with E-state index in [4.69, 9.17) is 33.8 Å². The maximum absolute atomic E-state index is 14.1. The first-order chi connectivity index (χ1) is 15.4. The molecule has 0 saturated heterocycles. The molecule has 0 aliphatic carbocycles. The van der Waals surface area contributed by atoms with Crippen molar-refractivity contribution in [3.8, 4) is 16.8 Å². The molecule has 0 aliphatic rings. The third kappa shape index (κ3) is 4.97. The molecule has 2 aromatic carbocycles. The SMILES string of the molecule is CC(C)ONC(=O)c1cccc(Cl)c1-c1c(C(F)(F)F)nn(-c2ccccc2Cl)c1C(N)=O. The van der Waals surface area contributed by atoms with Gasteiger partial charge in [0.25, 0.3) is 11.8 Å². The van der Waals surface area contributed by atoms with Gasteiger partial charge in [-0.1, -0.05) is 41.4 Å². The van der Waals surface area contributed by atoms with Crippen LogP contribution in [0.3, 0.4) is 0 Å². The van der Waals surface area contributed by atoms with E-state index in [9.17, 15) is 22.8 Å². The van der Waals surface area contributed by atoms with E-state index in [1.54, 1.807) is 19.9 Å². The number of hydroxylamine groups is 1. The van der Waals surface area contributed by atoms with Crippen molar-refractivity contribution in [1.82, 2.24) is 15.3 Å². The van der Waals surface area contributed by atoms with Crippen LogP contribution in [-0.4, -0.2) is 27.7 Å². The topological polar surface area (TPSA) is 99.2 Å². The number of rotatable bonds is 6. The van der Waals surface area contributed by atoms with Crippen molar-refractivity contribution in [3.05, 3.63) is 69.5 Å². The molecule has 0 unspecified atom stereocenters. The summed E-state index contributed by atoms with van der Waals surface area (Å²) in [5.41, 5.74) is 4.07. The van der Waals surface area contributed by atoms with Gasteiger partial charge >= 0.3 is 6.18 Å². The van der Waals surface area contributed by atoms with Crippen LogP contribution in [0.4, 0.5) is 13.2 Å². The largest absolute Gasteiger partial charge is 0.435 e. The van der Waals surface area contributed by atoms with Gasteiger partial charge in [-0.25, -0.2) is 10.2 Å². The molecule has 174 valence electrons. The predicted molar refractivity (Wildman–Crippen MR) is 116 cm³/mol. The second-order valence-corrected chi connectivity index (χ2v) is 7.87. The van der Waals surface area contributed by atoms with E-state index in [1.807, 2.05) is 0 Å². The predicted octanol–water partition coefficient (Wildman–Crippen LogP) is 5.03. The molecule has 0 atom stereocenters. The summed E-state index contributed by atoms with van der Waals surface area (Å²) >= 11 is 12.4. The molecule has 0 aliphatic heterocycles. The Morgan fingerprint density at radius 3 is 2.27 bits per heavy atom. The lowest BCUT2D eigenvalue weighted by Crippen LogP contribution is -2.27. The Bertz CT molecular complexity index is 1230. The second kappa shape index (κ2) is 9.42. The molecule has 3 N–H and O–H groups in total. The summed E-state index contributed by atoms with van der Waals surface area (Å²) in [5, 5.41) is 3.39. The molecular weight excluding hydrogens is 484 g/mol. The highest BCUT2D eigenvalue weighted by atomic mass is 35.5. The zero-order valence-corrected chi connectivity index (χ0v) is 18.7. The summed E-state index contributed by atoms with van der Waals surface area (Å²) in [6.07, 6.45) is -5.45. The fraction of sp³-hybridized carbons (Fsp3) is 0.190. The van der Waals surface area contributed by atoms with Crippen molar-refractivity contribution in [1.29, 1.82) is 0 Å². The van der Waals surface area contributed by atoms with Crippen molar-refractivity contribution >= 4 is 35.0 Å². The number of primary amides is 1. The average molecular weight is 501 g/mol. The Balaban J connectivity index is 2.40. The number of nitrogens with two attached hydrogens (primary N) is 1. The summed E-state index contributed by atoms with van der Waals surface area (Å²) in [4.78, 5) is 30.2. The lowest BCUT2D eigenvalue weighted by molar-refractivity contribution is -0.140. The summed E-state index contributed by atoms with van der Waals surface area (Å²) in [6.45, 7) is 3.28. The number of nitrogens with zero attached hydrogens (tertiary/aromatic N) is 2. The van der Waals surface area contributed by atoms with Crippen LogP contribution >= 0.6 is 23.2 Å². The van der Waals surface area contributed by atoms with Gasteiger partial charge in [-0.3, -0.25) is 14.4 Å². The smallest absolute Gasteiger partial charge is 0.364 e. The third-order valence-electron chi connectivity index (χ3n) is 4.36. The van der Waals surface area contributed by atoms with Crippen LogP contribution < -0.4 is 11.2 Å². The van der Waals surface area contributed by atoms with Gasteiger partial charge in [0, 0.05) is 16.1 Å². The minimum absolute atomic E-state index is 0.0187. The molecule has 3 aromatic rings. The van der Waals surface area contributed by atoms with Crippen LogP contribution in [0.2, 0.25) is 10.0 Å². The molecule has 1 heterocycles. The lowest BCUT2D eigenvalue weighted by Gasteiger charge is -2.15. The van der Waals surface area contributed by atoms with E-state index in [1.165, 1.54) is 36.4 Å². The van der Waals surface area contributed by atoms with Gasteiger partial charge in [-0.2, -0.15) is 18.3 Å². The minimum atomic E-state index is -5.03. The molecule has 0 bridgehead atoms.